The van der Waals surface area contributed by atoms with Gasteiger partial charge in [0.05, 0.1) is 11.6 Å². The van der Waals surface area contributed by atoms with Crippen molar-refractivity contribution in [2.45, 2.75) is 44.2 Å². The Morgan fingerprint density at radius 1 is 1.03 bits per heavy atom. The topological polar surface area (TPSA) is 58.2 Å². The fourth-order valence-electron chi connectivity index (χ4n) is 4.13. The Morgan fingerprint density at radius 2 is 1.83 bits per heavy atom. The van der Waals surface area contributed by atoms with Crippen LogP contribution in [-0.2, 0) is 4.79 Å². The van der Waals surface area contributed by atoms with E-state index in [1.165, 1.54) is 17.8 Å². The van der Waals surface area contributed by atoms with Crippen LogP contribution in [0, 0.1) is 0 Å². The van der Waals surface area contributed by atoms with Gasteiger partial charge in [-0.15, -0.1) is 22.9 Å². The Labute approximate surface area is 185 Å². The van der Waals surface area contributed by atoms with Gasteiger partial charge in [-0.25, -0.2) is 0 Å². The minimum Gasteiger partial charge on any atom is -0.368 e. The molecule has 0 radical (unpaired) electrons. The third-order valence-electron chi connectivity index (χ3n) is 5.68. The van der Waals surface area contributed by atoms with E-state index in [0.717, 1.165) is 41.3 Å². The van der Waals surface area contributed by atoms with Crippen molar-refractivity contribution in [2.75, 3.05) is 11.2 Å². The number of alkyl halides is 1. The molecule has 3 aromatic rings. The molecule has 2 aromatic carbocycles. The number of thiophene rings is 1. The van der Waals surface area contributed by atoms with Crippen molar-refractivity contribution in [3.8, 4) is 0 Å². The summed E-state index contributed by atoms with van der Waals surface area (Å²) in [4.78, 5) is 26.8. The molecule has 6 heteroatoms. The molecule has 4 nitrogen and oxygen atoms in total. The molecule has 0 bridgehead atoms. The van der Waals surface area contributed by atoms with E-state index in [9.17, 15) is 9.59 Å². The van der Waals surface area contributed by atoms with Gasteiger partial charge in [-0.3, -0.25) is 9.59 Å². The van der Waals surface area contributed by atoms with Crippen LogP contribution in [0.4, 0.5) is 5.69 Å². The molecule has 0 aliphatic heterocycles. The van der Waals surface area contributed by atoms with Gasteiger partial charge in [-0.1, -0.05) is 55.7 Å². The largest absolute Gasteiger partial charge is 0.368 e. The molecule has 1 unspecified atom stereocenters. The second kappa shape index (κ2) is 9.63. The fraction of sp³-hybridized carbons (Fsp3) is 0.333. The normalized spacial score (nSPS) is 15.6. The van der Waals surface area contributed by atoms with Crippen molar-refractivity contribution in [3.63, 3.8) is 0 Å². The van der Waals surface area contributed by atoms with Crippen LogP contribution in [0.15, 0.2) is 53.9 Å². The lowest BCUT2D eigenvalue weighted by molar-refractivity contribution is -0.122. The average Bonchev–Trinajstić information content (AvgIpc) is 3.32. The van der Waals surface area contributed by atoms with Gasteiger partial charge in [-0.2, -0.15) is 0 Å². The van der Waals surface area contributed by atoms with Crippen molar-refractivity contribution in [2.24, 2.45) is 0 Å². The molecule has 1 heterocycles. The molecule has 30 heavy (non-hydrogen) atoms. The van der Waals surface area contributed by atoms with E-state index in [-0.39, 0.29) is 23.6 Å². The summed E-state index contributed by atoms with van der Waals surface area (Å²) >= 11 is 7.41. The minimum atomic E-state index is -0.570. The highest BCUT2D eigenvalue weighted by molar-refractivity contribution is 7.10. The van der Waals surface area contributed by atoms with Crippen LogP contribution >= 0.6 is 22.9 Å². The number of nitrogens with one attached hydrogen (secondary N) is 2. The number of Topliss-reactive ketones (excluding diaryl/α,β-unsaturated/α-hetero) is 1. The molecule has 1 aromatic heterocycles. The molecule has 0 saturated heterocycles. The second-order valence-electron chi connectivity index (χ2n) is 7.70. The van der Waals surface area contributed by atoms with E-state index >= 15 is 0 Å². The van der Waals surface area contributed by atoms with E-state index in [2.05, 4.69) is 10.6 Å². The number of anilines is 1. The van der Waals surface area contributed by atoms with Gasteiger partial charge < -0.3 is 10.6 Å². The van der Waals surface area contributed by atoms with Crippen LogP contribution in [0.25, 0.3) is 10.8 Å². The molecule has 1 amide bonds. The predicted octanol–water partition coefficient (Wildman–Crippen LogP) is 5.92. The first-order valence-corrected chi connectivity index (χ1v) is 11.8. The lowest BCUT2D eigenvalue weighted by atomic mass is 9.95. The van der Waals surface area contributed by atoms with Crippen LogP contribution in [0.5, 0.6) is 0 Å². The maximum absolute atomic E-state index is 13.3. The molecule has 4 rings (SSSR count). The van der Waals surface area contributed by atoms with Crippen molar-refractivity contribution in [1.82, 2.24) is 5.32 Å². The molecule has 0 spiro atoms. The molecule has 2 N–H and O–H groups in total. The van der Waals surface area contributed by atoms with Gasteiger partial charge in [0.25, 0.3) is 0 Å². The summed E-state index contributed by atoms with van der Waals surface area (Å²) in [6.07, 6.45) is 5.58. The predicted molar refractivity (Wildman–Crippen MR) is 125 cm³/mol. The van der Waals surface area contributed by atoms with E-state index in [0.29, 0.717) is 11.3 Å². The van der Waals surface area contributed by atoms with Crippen molar-refractivity contribution < 1.29 is 9.59 Å². The maximum atomic E-state index is 13.3. The number of ketones is 1. The Bertz CT molecular complexity index is 1030. The van der Waals surface area contributed by atoms with Crippen LogP contribution in [0.3, 0.4) is 0 Å². The second-order valence-corrected chi connectivity index (χ2v) is 8.95. The summed E-state index contributed by atoms with van der Waals surface area (Å²) in [6.45, 7) is 0. The zero-order valence-corrected chi connectivity index (χ0v) is 18.3. The molecule has 156 valence electrons. The van der Waals surface area contributed by atoms with Gasteiger partial charge in [0.2, 0.25) is 5.91 Å². The summed E-state index contributed by atoms with van der Waals surface area (Å²) in [5.74, 6) is -0.325. The van der Waals surface area contributed by atoms with Crippen molar-refractivity contribution >= 4 is 51.1 Å². The number of rotatable bonds is 7. The molecule has 1 atom stereocenters. The highest BCUT2D eigenvalue weighted by Gasteiger charge is 2.27. The number of hydrogen-bond acceptors (Lipinski definition) is 4. The van der Waals surface area contributed by atoms with Crippen molar-refractivity contribution in [3.05, 3.63) is 64.4 Å². The quantitative estimate of drug-likeness (QED) is 0.354. The number of benzene rings is 2. The third kappa shape index (κ3) is 4.52. The Kier molecular flexibility index (Phi) is 6.70. The first-order valence-electron chi connectivity index (χ1n) is 10.4. The number of fused-ring (bicyclic) bond motifs is 1. The van der Waals surface area contributed by atoms with Gasteiger partial charge in [-0.05, 0) is 35.7 Å². The summed E-state index contributed by atoms with van der Waals surface area (Å²) in [5.41, 5.74) is 1.17. The fourth-order valence-corrected chi connectivity index (χ4v) is 5.05. The smallest absolute Gasteiger partial charge is 0.248 e. The number of carbonyl (C=O) groups excluding carboxylic acids is 2. The average molecular weight is 441 g/mol. The Hall–Kier alpha value is -2.37. The van der Waals surface area contributed by atoms with Gasteiger partial charge in [0, 0.05) is 21.9 Å². The standard InChI is InChI=1S/C24H25ClN2O2S/c25-15-20(28)19-13-12-16-7-4-5-10-18(16)22(19)27-23(21-11-6-14-30-21)24(29)26-17-8-2-1-3-9-17/h4-7,10-14,17,23,27H,1-3,8-9,15H2,(H,26,29). The molecule has 1 aliphatic rings. The van der Waals surface area contributed by atoms with Gasteiger partial charge >= 0.3 is 0 Å². The summed E-state index contributed by atoms with van der Waals surface area (Å²) in [5, 5.41) is 10.5. The third-order valence-corrected chi connectivity index (χ3v) is 6.86. The summed E-state index contributed by atoms with van der Waals surface area (Å²) < 4.78 is 0. The first-order chi connectivity index (χ1) is 14.7. The lowest BCUT2D eigenvalue weighted by Gasteiger charge is -2.27. The van der Waals surface area contributed by atoms with Crippen LogP contribution in [0.1, 0.15) is 53.4 Å². The zero-order chi connectivity index (χ0) is 20.9. The zero-order valence-electron chi connectivity index (χ0n) is 16.7. The molecule has 1 fully saturated rings. The maximum Gasteiger partial charge on any atom is 0.248 e. The SMILES string of the molecule is O=C(CCl)c1ccc2ccccc2c1NC(C(=O)NC1CCCCC1)c1cccs1. The van der Waals surface area contributed by atoms with Crippen molar-refractivity contribution in [1.29, 1.82) is 0 Å². The number of halogens is 1. The van der Waals surface area contributed by atoms with E-state index < -0.39 is 6.04 Å². The first kappa shape index (κ1) is 20.9. The molecular formula is C24H25ClN2O2S. The Balaban J connectivity index is 1.71. The van der Waals surface area contributed by atoms with E-state index in [1.807, 2.05) is 47.8 Å². The minimum absolute atomic E-state index is 0.0541. The highest BCUT2D eigenvalue weighted by Crippen LogP contribution is 2.33. The number of amides is 1. The molecule has 1 aliphatic carbocycles. The van der Waals surface area contributed by atoms with Crippen LogP contribution in [-0.4, -0.2) is 23.6 Å². The lowest BCUT2D eigenvalue weighted by Crippen LogP contribution is -2.41. The summed E-state index contributed by atoms with van der Waals surface area (Å²) in [7, 11) is 0. The van der Waals surface area contributed by atoms with Crippen LogP contribution in [0.2, 0.25) is 0 Å². The number of hydrogen-bond donors (Lipinski definition) is 2. The van der Waals surface area contributed by atoms with Gasteiger partial charge in [0.15, 0.2) is 5.78 Å². The van der Waals surface area contributed by atoms with E-state index in [4.69, 9.17) is 11.6 Å². The highest BCUT2D eigenvalue weighted by atomic mass is 35.5. The van der Waals surface area contributed by atoms with Gasteiger partial charge in [0.1, 0.15) is 6.04 Å². The monoisotopic (exact) mass is 440 g/mol. The molecular weight excluding hydrogens is 416 g/mol. The Morgan fingerprint density at radius 3 is 2.57 bits per heavy atom. The molecule has 1 saturated carbocycles. The summed E-state index contributed by atoms with van der Waals surface area (Å²) in [6, 6.07) is 15.1. The van der Waals surface area contributed by atoms with Crippen LogP contribution < -0.4 is 10.6 Å². The van der Waals surface area contributed by atoms with E-state index in [1.54, 1.807) is 6.07 Å². The number of carbonyl (C=O) groups is 2.